The molecule has 23 heavy (non-hydrogen) atoms. The van der Waals surface area contributed by atoms with E-state index in [2.05, 4.69) is 16.0 Å². The number of hydrogen-bond acceptors (Lipinski definition) is 3. The van der Waals surface area contributed by atoms with E-state index < -0.39 is 0 Å². The molecule has 120 valence electrons. The Morgan fingerprint density at radius 1 is 1.04 bits per heavy atom. The molecule has 2 rings (SSSR count). The molecular formula is C16H16ClN3O2S. The lowest BCUT2D eigenvalue weighted by Gasteiger charge is -2.09. The third-order valence-electron chi connectivity index (χ3n) is 2.83. The molecule has 3 N–H and O–H groups in total. The van der Waals surface area contributed by atoms with Gasteiger partial charge in [-0.25, -0.2) is 4.79 Å². The number of benzene rings is 2. The number of carbonyl (C=O) groups excluding carboxylic acids is 2. The van der Waals surface area contributed by atoms with Crippen molar-refractivity contribution in [3.63, 3.8) is 0 Å². The molecule has 0 fully saturated rings. The maximum atomic E-state index is 12.0. The zero-order valence-electron chi connectivity index (χ0n) is 12.4. The summed E-state index contributed by atoms with van der Waals surface area (Å²) in [6.07, 6.45) is 0. The van der Waals surface area contributed by atoms with Crippen molar-refractivity contribution in [3.8, 4) is 0 Å². The highest BCUT2D eigenvalue weighted by atomic mass is 35.5. The maximum absolute atomic E-state index is 12.0. The lowest BCUT2D eigenvalue weighted by molar-refractivity contribution is -0.113. The number of rotatable bonds is 5. The average molecular weight is 350 g/mol. The summed E-state index contributed by atoms with van der Waals surface area (Å²) in [6, 6.07) is 14.0. The number of urea groups is 1. The molecule has 7 heteroatoms. The van der Waals surface area contributed by atoms with Gasteiger partial charge in [-0.15, -0.1) is 11.8 Å². The number of carbonyl (C=O) groups is 2. The minimum Gasteiger partial charge on any atom is -0.341 e. The van der Waals surface area contributed by atoms with E-state index in [-0.39, 0.29) is 17.7 Å². The van der Waals surface area contributed by atoms with Gasteiger partial charge >= 0.3 is 6.03 Å². The van der Waals surface area contributed by atoms with E-state index in [9.17, 15) is 9.59 Å². The molecule has 0 spiro atoms. The summed E-state index contributed by atoms with van der Waals surface area (Å²) in [4.78, 5) is 24.2. The molecule has 0 bridgehead atoms. The summed E-state index contributed by atoms with van der Waals surface area (Å²) in [5, 5.41) is 8.53. The maximum Gasteiger partial charge on any atom is 0.318 e. The van der Waals surface area contributed by atoms with Crippen molar-refractivity contribution < 1.29 is 9.59 Å². The Bertz CT molecular complexity index is 709. The van der Waals surface area contributed by atoms with Crippen molar-refractivity contribution in [2.75, 3.05) is 23.4 Å². The number of nitrogens with one attached hydrogen (secondary N) is 3. The summed E-state index contributed by atoms with van der Waals surface area (Å²) >= 11 is 7.42. The van der Waals surface area contributed by atoms with Crippen molar-refractivity contribution >= 4 is 46.7 Å². The van der Waals surface area contributed by atoms with Crippen LogP contribution in [0.4, 0.5) is 16.2 Å². The van der Waals surface area contributed by atoms with Crippen molar-refractivity contribution in [2.45, 2.75) is 4.90 Å². The van der Waals surface area contributed by atoms with Crippen LogP contribution in [0, 0.1) is 0 Å². The van der Waals surface area contributed by atoms with Crippen LogP contribution in [-0.4, -0.2) is 24.7 Å². The van der Waals surface area contributed by atoms with Crippen LogP contribution in [0.3, 0.4) is 0 Å². The van der Waals surface area contributed by atoms with E-state index in [0.717, 1.165) is 4.90 Å². The van der Waals surface area contributed by atoms with Crippen LogP contribution < -0.4 is 16.0 Å². The van der Waals surface area contributed by atoms with E-state index in [1.54, 1.807) is 30.3 Å². The lowest BCUT2D eigenvalue weighted by Crippen LogP contribution is -2.24. The lowest BCUT2D eigenvalue weighted by atomic mass is 10.3. The summed E-state index contributed by atoms with van der Waals surface area (Å²) in [5.41, 5.74) is 1.21. The Balaban J connectivity index is 1.91. The highest BCUT2D eigenvalue weighted by molar-refractivity contribution is 8.00. The summed E-state index contributed by atoms with van der Waals surface area (Å²) in [5.74, 6) is 0.101. The van der Waals surface area contributed by atoms with Gasteiger partial charge in [-0.05, 0) is 30.3 Å². The Labute approximate surface area is 143 Å². The summed E-state index contributed by atoms with van der Waals surface area (Å²) in [6.45, 7) is 0. The molecule has 0 radical (unpaired) electrons. The third-order valence-corrected chi connectivity index (χ3v) is 4.34. The van der Waals surface area contributed by atoms with Gasteiger partial charge in [0.2, 0.25) is 5.91 Å². The normalized spacial score (nSPS) is 10.0. The molecule has 5 nitrogen and oxygen atoms in total. The highest BCUT2D eigenvalue weighted by Gasteiger charge is 2.07. The smallest absolute Gasteiger partial charge is 0.318 e. The van der Waals surface area contributed by atoms with E-state index in [1.165, 1.54) is 18.8 Å². The van der Waals surface area contributed by atoms with Crippen LogP contribution in [0.15, 0.2) is 53.4 Å². The minimum atomic E-state index is -0.317. The van der Waals surface area contributed by atoms with Crippen molar-refractivity contribution in [3.05, 3.63) is 53.6 Å². The van der Waals surface area contributed by atoms with Crippen LogP contribution in [-0.2, 0) is 4.79 Å². The Hall–Kier alpha value is -2.18. The Morgan fingerprint density at radius 2 is 1.74 bits per heavy atom. The van der Waals surface area contributed by atoms with Crippen LogP contribution in [0.1, 0.15) is 0 Å². The first kappa shape index (κ1) is 17.2. The topological polar surface area (TPSA) is 70.2 Å². The van der Waals surface area contributed by atoms with E-state index in [1.807, 2.05) is 18.2 Å². The fourth-order valence-corrected chi connectivity index (χ4v) is 2.81. The van der Waals surface area contributed by atoms with Gasteiger partial charge in [0.25, 0.3) is 0 Å². The molecule has 0 atom stereocenters. The third kappa shape index (κ3) is 5.50. The standard InChI is InChI=1S/C16H16ClN3O2S/c1-18-16(22)20-12-6-4-5-11(9-12)19-15(21)10-23-14-8-3-2-7-13(14)17/h2-9H,10H2,1H3,(H,19,21)(H2,18,20,22). The fraction of sp³-hybridized carbons (Fsp3) is 0.125. The number of amides is 3. The first-order valence-corrected chi connectivity index (χ1v) is 8.21. The zero-order chi connectivity index (χ0) is 16.7. The number of hydrogen-bond donors (Lipinski definition) is 3. The molecule has 2 aromatic carbocycles. The van der Waals surface area contributed by atoms with Crippen LogP contribution >= 0.6 is 23.4 Å². The Morgan fingerprint density at radius 3 is 2.43 bits per heavy atom. The predicted octanol–water partition coefficient (Wildman–Crippen LogP) is 3.82. The van der Waals surface area contributed by atoms with Crippen LogP contribution in [0.25, 0.3) is 0 Å². The average Bonchev–Trinajstić information content (AvgIpc) is 2.54. The van der Waals surface area contributed by atoms with Gasteiger partial charge in [-0.3, -0.25) is 4.79 Å². The van der Waals surface area contributed by atoms with Crippen LogP contribution in [0.5, 0.6) is 0 Å². The molecule has 0 unspecified atom stereocenters. The van der Waals surface area contributed by atoms with Gasteiger partial charge < -0.3 is 16.0 Å². The molecule has 0 saturated carbocycles. The summed E-state index contributed by atoms with van der Waals surface area (Å²) < 4.78 is 0. The monoisotopic (exact) mass is 349 g/mol. The molecular weight excluding hydrogens is 334 g/mol. The zero-order valence-corrected chi connectivity index (χ0v) is 14.0. The predicted molar refractivity (Wildman–Crippen MR) is 95.3 cm³/mol. The molecule has 0 aliphatic heterocycles. The molecule has 0 saturated heterocycles. The second-order valence-corrected chi connectivity index (χ2v) is 5.98. The largest absolute Gasteiger partial charge is 0.341 e. The summed E-state index contributed by atoms with van der Waals surface area (Å²) in [7, 11) is 1.53. The van der Waals surface area contributed by atoms with E-state index >= 15 is 0 Å². The second-order valence-electron chi connectivity index (χ2n) is 4.55. The van der Waals surface area contributed by atoms with Gasteiger partial charge in [0.1, 0.15) is 0 Å². The molecule has 0 aromatic heterocycles. The van der Waals surface area contributed by atoms with Gasteiger partial charge in [-0.2, -0.15) is 0 Å². The van der Waals surface area contributed by atoms with Crippen molar-refractivity contribution in [1.82, 2.24) is 5.32 Å². The molecule has 3 amide bonds. The van der Waals surface area contributed by atoms with Crippen molar-refractivity contribution in [2.24, 2.45) is 0 Å². The number of anilines is 2. The Kier molecular flexibility index (Phi) is 6.31. The van der Waals surface area contributed by atoms with Crippen LogP contribution in [0.2, 0.25) is 5.02 Å². The number of halogens is 1. The quantitative estimate of drug-likeness (QED) is 0.718. The fourth-order valence-electron chi connectivity index (χ4n) is 1.77. The first-order valence-electron chi connectivity index (χ1n) is 6.84. The molecule has 2 aromatic rings. The van der Waals surface area contributed by atoms with Crippen molar-refractivity contribution in [1.29, 1.82) is 0 Å². The van der Waals surface area contributed by atoms with Gasteiger partial charge in [0.05, 0.1) is 10.8 Å². The van der Waals surface area contributed by atoms with E-state index in [4.69, 9.17) is 11.6 Å². The minimum absolute atomic E-state index is 0.146. The molecule has 0 aliphatic rings. The highest BCUT2D eigenvalue weighted by Crippen LogP contribution is 2.26. The second kappa shape index (κ2) is 8.45. The number of thioether (sulfide) groups is 1. The van der Waals surface area contributed by atoms with Gasteiger partial charge in [0.15, 0.2) is 0 Å². The SMILES string of the molecule is CNC(=O)Nc1cccc(NC(=O)CSc2ccccc2Cl)c1. The van der Waals surface area contributed by atoms with Gasteiger partial charge in [0, 0.05) is 23.3 Å². The molecule has 0 heterocycles. The van der Waals surface area contributed by atoms with Gasteiger partial charge in [-0.1, -0.05) is 29.8 Å². The van der Waals surface area contributed by atoms with E-state index in [0.29, 0.717) is 16.4 Å². The first-order chi connectivity index (χ1) is 11.1. The molecule has 0 aliphatic carbocycles.